The van der Waals surface area contributed by atoms with Crippen LogP contribution in [0, 0.1) is 5.92 Å². The van der Waals surface area contributed by atoms with E-state index in [2.05, 4.69) is 5.32 Å². The second kappa shape index (κ2) is 9.32. The smallest absolute Gasteiger partial charge is 0.451 e. The molecule has 1 aliphatic heterocycles. The Morgan fingerprint density at radius 2 is 2.04 bits per heavy atom. The molecule has 1 heterocycles. The summed E-state index contributed by atoms with van der Waals surface area (Å²) in [6, 6.07) is 9.13. The Morgan fingerprint density at radius 1 is 1.37 bits per heavy atom. The molecule has 0 aliphatic carbocycles. The first-order valence-corrected chi connectivity index (χ1v) is 9.16. The van der Waals surface area contributed by atoms with Crippen LogP contribution in [-0.4, -0.2) is 70.8 Å². The summed E-state index contributed by atoms with van der Waals surface area (Å²) in [6.07, 6.45) is 1.48. The number of amides is 1. The van der Waals surface area contributed by atoms with Crippen LogP contribution in [0.2, 0.25) is 6.32 Å². The molecular weight excluding hydrogens is 349 g/mol. The maximum atomic E-state index is 13.0. The van der Waals surface area contributed by atoms with Crippen LogP contribution in [0.15, 0.2) is 30.3 Å². The third kappa shape index (κ3) is 5.29. The lowest BCUT2D eigenvalue weighted by molar-refractivity contribution is -0.144. The number of carbonyl (C=O) groups excluding carboxylic acids is 1. The van der Waals surface area contributed by atoms with Crippen molar-refractivity contribution in [3.8, 4) is 0 Å². The molecule has 9 heteroatoms. The molecular formula is C18H28BN3O5. The van der Waals surface area contributed by atoms with Crippen molar-refractivity contribution >= 4 is 19.0 Å². The van der Waals surface area contributed by atoms with Gasteiger partial charge >= 0.3 is 13.1 Å². The van der Waals surface area contributed by atoms with E-state index in [0.717, 1.165) is 5.56 Å². The summed E-state index contributed by atoms with van der Waals surface area (Å²) in [7, 11) is 0.273. The maximum Gasteiger partial charge on any atom is 0.451 e. The van der Waals surface area contributed by atoms with E-state index in [0.29, 0.717) is 19.3 Å². The van der Waals surface area contributed by atoms with E-state index in [1.54, 1.807) is 7.05 Å². The first-order chi connectivity index (χ1) is 12.8. The number of aliphatic carboxylic acids is 1. The number of nitrogens with zero attached hydrogens (tertiary/aromatic N) is 1. The summed E-state index contributed by atoms with van der Waals surface area (Å²) in [5.41, 5.74) is 5.63. The standard InChI is InChI=1S/C18H28BN3O5/c1-21-15(10-13-6-3-2-4-7-13)16(23)22-11-14(8-5-9-19(26)27)18(20,12-22)17(24)25/h2-4,6-7,14-15,21,26-27H,5,8-12,20H2,1H3,(H,24,25)/t14-,15-,18-/m0/s1. The van der Waals surface area contributed by atoms with Crippen LogP contribution in [0.1, 0.15) is 18.4 Å². The van der Waals surface area contributed by atoms with Crippen LogP contribution in [-0.2, 0) is 16.0 Å². The third-order valence-corrected chi connectivity index (χ3v) is 5.28. The van der Waals surface area contributed by atoms with Crippen LogP contribution in [0.4, 0.5) is 0 Å². The topological polar surface area (TPSA) is 136 Å². The summed E-state index contributed by atoms with van der Waals surface area (Å²) >= 11 is 0. The largest absolute Gasteiger partial charge is 0.480 e. The van der Waals surface area contributed by atoms with Crippen molar-refractivity contribution in [3.63, 3.8) is 0 Å². The zero-order valence-corrected chi connectivity index (χ0v) is 15.5. The van der Waals surface area contributed by atoms with Crippen LogP contribution in [0.5, 0.6) is 0 Å². The molecule has 148 valence electrons. The number of carbonyl (C=O) groups is 2. The van der Waals surface area contributed by atoms with Gasteiger partial charge in [-0.3, -0.25) is 9.59 Å². The number of carboxylic acids is 1. The van der Waals surface area contributed by atoms with E-state index in [1.165, 1.54) is 4.90 Å². The Hall–Kier alpha value is -1.94. The van der Waals surface area contributed by atoms with E-state index in [4.69, 9.17) is 15.8 Å². The average Bonchev–Trinajstić information content (AvgIpc) is 2.98. The molecule has 3 atom stereocenters. The van der Waals surface area contributed by atoms with Crippen molar-refractivity contribution < 1.29 is 24.7 Å². The zero-order chi connectivity index (χ0) is 20.0. The van der Waals surface area contributed by atoms with E-state index in [-0.39, 0.29) is 25.3 Å². The van der Waals surface area contributed by atoms with Gasteiger partial charge in [0.15, 0.2) is 0 Å². The molecule has 1 fully saturated rings. The number of carboxylic acid groups (broad SMARTS) is 1. The monoisotopic (exact) mass is 377 g/mol. The summed E-state index contributed by atoms with van der Waals surface area (Å²) in [4.78, 5) is 26.2. The Labute approximate surface area is 159 Å². The van der Waals surface area contributed by atoms with Gasteiger partial charge < -0.3 is 31.1 Å². The molecule has 0 aromatic heterocycles. The van der Waals surface area contributed by atoms with E-state index < -0.39 is 30.6 Å². The number of nitrogens with one attached hydrogen (secondary N) is 1. The lowest BCUT2D eigenvalue weighted by Gasteiger charge is -2.26. The molecule has 0 spiro atoms. The van der Waals surface area contributed by atoms with Crippen molar-refractivity contribution in [1.82, 2.24) is 10.2 Å². The van der Waals surface area contributed by atoms with Gasteiger partial charge in [0.2, 0.25) is 5.91 Å². The normalized spacial score (nSPS) is 23.3. The molecule has 1 aromatic rings. The molecule has 8 nitrogen and oxygen atoms in total. The highest BCUT2D eigenvalue weighted by Gasteiger charge is 2.51. The van der Waals surface area contributed by atoms with Gasteiger partial charge in [-0.15, -0.1) is 0 Å². The highest BCUT2D eigenvalue weighted by Crippen LogP contribution is 2.31. The number of hydrogen-bond donors (Lipinski definition) is 5. The van der Waals surface area contributed by atoms with E-state index >= 15 is 0 Å². The number of hydrogen-bond acceptors (Lipinski definition) is 6. The molecule has 27 heavy (non-hydrogen) atoms. The molecule has 0 radical (unpaired) electrons. The molecule has 0 saturated carbocycles. The molecule has 1 aliphatic rings. The average molecular weight is 377 g/mol. The predicted molar refractivity (Wildman–Crippen MR) is 102 cm³/mol. The minimum absolute atomic E-state index is 0.0551. The van der Waals surface area contributed by atoms with Gasteiger partial charge in [0.1, 0.15) is 5.54 Å². The van der Waals surface area contributed by atoms with Crippen molar-refractivity contribution in [2.24, 2.45) is 11.7 Å². The van der Waals surface area contributed by atoms with Gasteiger partial charge in [-0.1, -0.05) is 36.8 Å². The van der Waals surface area contributed by atoms with Crippen molar-refractivity contribution in [2.75, 3.05) is 20.1 Å². The molecule has 0 unspecified atom stereocenters. The number of nitrogens with two attached hydrogens (primary N) is 1. The summed E-state index contributed by atoms with van der Waals surface area (Å²) < 4.78 is 0. The molecule has 1 amide bonds. The molecule has 1 saturated heterocycles. The molecule has 6 N–H and O–H groups in total. The van der Waals surface area contributed by atoms with Crippen LogP contribution >= 0.6 is 0 Å². The molecule has 2 rings (SSSR count). The van der Waals surface area contributed by atoms with Gasteiger partial charge in [0, 0.05) is 19.0 Å². The third-order valence-electron chi connectivity index (χ3n) is 5.28. The Bertz CT molecular complexity index is 645. The summed E-state index contributed by atoms with van der Waals surface area (Å²) in [5, 5.41) is 30.6. The minimum Gasteiger partial charge on any atom is -0.480 e. The lowest BCUT2D eigenvalue weighted by Crippen LogP contribution is -2.55. The van der Waals surface area contributed by atoms with Crippen LogP contribution in [0.25, 0.3) is 0 Å². The maximum absolute atomic E-state index is 13.0. The number of rotatable bonds is 9. The van der Waals surface area contributed by atoms with Gasteiger partial charge in [-0.25, -0.2) is 0 Å². The number of likely N-dealkylation sites (tertiary alicyclic amines) is 1. The number of likely N-dealkylation sites (N-methyl/N-ethyl adjacent to an activating group) is 1. The van der Waals surface area contributed by atoms with Crippen molar-refractivity contribution in [1.29, 1.82) is 0 Å². The van der Waals surface area contributed by atoms with Gasteiger partial charge in [0.05, 0.1) is 6.04 Å². The van der Waals surface area contributed by atoms with E-state index in [1.807, 2.05) is 30.3 Å². The molecule has 1 aromatic carbocycles. The van der Waals surface area contributed by atoms with Crippen molar-refractivity contribution in [3.05, 3.63) is 35.9 Å². The zero-order valence-electron chi connectivity index (χ0n) is 15.5. The fourth-order valence-corrected chi connectivity index (χ4v) is 3.63. The SMILES string of the molecule is CN[C@@H](Cc1ccccc1)C(=O)N1C[C@H](CCCB(O)O)[C@](N)(C(=O)O)C1. The quantitative estimate of drug-likeness (QED) is 0.360. The Balaban J connectivity index is 2.07. The second-order valence-corrected chi connectivity index (χ2v) is 7.20. The van der Waals surface area contributed by atoms with Gasteiger partial charge in [-0.05, 0) is 31.8 Å². The molecule has 0 bridgehead atoms. The predicted octanol–water partition coefficient (Wildman–Crippen LogP) is -0.689. The lowest BCUT2D eigenvalue weighted by atomic mass is 9.78. The summed E-state index contributed by atoms with van der Waals surface area (Å²) in [6.45, 7) is 0.191. The first-order valence-electron chi connectivity index (χ1n) is 9.16. The first kappa shape index (κ1) is 21.4. The highest BCUT2D eigenvalue weighted by atomic mass is 16.4. The van der Waals surface area contributed by atoms with Crippen LogP contribution < -0.4 is 11.1 Å². The van der Waals surface area contributed by atoms with Gasteiger partial charge in [-0.2, -0.15) is 0 Å². The second-order valence-electron chi connectivity index (χ2n) is 7.20. The van der Waals surface area contributed by atoms with Gasteiger partial charge in [0.25, 0.3) is 0 Å². The fraction of sp³-hybridized carbons (Fsp3) is 0.556. The highest BCUT2D eigenvalue weighted by molar-refractivity contribution is 6.40. The Morgan fingerprint density at radius 3 is 2.59 bits per heavy atom. The van der Waals surface area contributed by atoms with Crippen LogP contribution in [0.3, 0.4) is 0 Å². The Kier molecular flexibility index (Phi) is 7.37. The number of benzene rings is 1. The fourth-order valence-electron chi connectivity index (χ4n) is 3.63. The summed E-state index contributed by atoms with van der Waals surface area (Å²) in [5.74, 6) is -1.76. The van der Waals surface area contributed by atoms with Crippen molar-refractivity contribution in [2.45, 2.75) is 37.2 Å². The van der Waals surface area contributed by atoms with E-state index in [9.17, 15) is 14.7 Å². The minimum atomic E-state index is -1.53.